The predicted octanol–water partition coefficient (Wildman–Crippen LogP) is 2.27. The van der Waals surface area contributed by atoms with Crippen LogP contribution in [0.1, 0.15) is 44.1 Å². The molecule has 1 unspecified atom stereocenters. The van der Waals surface area contributed by atoms with Crippen LogP contribution < -0.4 is 15.8 Å². The lowest BCUT2D eigenvalue weighted by molar-refractivity contribution is -0.119. The number of carbonyl (C=O) groups is 1. The third-order valence-corrected chi connectivity index (χ3v) is 5.80. The first-order chi connectivity index (χ1) is 15.3. The van der Waals surface area contributed by atoms with E-state index in [9.17, 15) is 9.59 Å². The quantitative estimate of drug-likeness (QED) is 0.653. The lowest BCUT2D eigenvalue weighted by Crippen LogP contribution is -2.34. The van der Waals surface area contributed by atoms with Crippen LogP contribution in [0, 0.1) is 19.8 Å². The minimum absolute atomic E-state index is 0.372. The van der Waals surface area contributed by atoms with Gasteiger partial charge in [0.25, 0.3) is 5.56 Å². The number of hydrogen-bond acceptors (Lipinski definition) is 7. The summed E-state index contributed by atoms with van der Waals surface area (Å²) in [6, 6.07) is 5.84. The highest BCUT2D eigenvalue weighted by Crippen LogP contribution is 2.22. The zero-order chi connectivity index (χ0) is 22.8. The standard InChI is InChI=1S/C22H28N8O2/c1-14-7-9-28(10-8-14)20-12-18(23-13-24-20)25-22(32)17(4)30-21(31)6-5-19(27-30)29-16(3)11-15(2)26-29/h5-6,11-14,17H,7-10H2,1-4H3,(H,23,24,25,32). The highest BCUT2D eigenvalue weighted by molar-refractivity contribution is 5.92. The third kappa shape index (κ3) is 4.53. The fourth-order valence-electron chi connectivity index (χ4n) is 3.83. The van der Waals surface area contributed by atoms with Crippen molar-refractivity contribution in [3.05, 3.63) is 52.3 Å². The Bertz CT molecular complexity index is 1180. The van der Waals surface area contributed by atoms with Crippen LogP contribution in [0.25, 0.3) is 5.82 Å². The van der Waals surface area contributed by atoms with Crippen molar-refractivity contribution >= 4 is 17.5 Å². The molecule has 0 aromatic carbocycles. The minimum Gasteiger partial charge on any atom is -0.356 e. The Morgan fingerprint density at radius 1 is 1.09 bits per heavy atom. The lowest BCUT2D eigenvalue weighted by Gasteiger charge is -2.31. The van der Waals surface area contributed by atoms with Crippen molar-refractivity contribution in [1.82, 2.24) is 29.5 Å². The summed E-state index contributed by atoms with van der Waals surface area (Å²) < 4.78 is 2.81. The minimum atomic E-state index is -0.839. The van der Waals surface area contributed by atoms with Crippen LogP contribution in [0.15, 0.2) is 35.4 Å². The van der Waals surface area contributed by atoms with Gasteiger partial charge in [-0.15, -0.1) is 5.10 Å². The third-order valence-electron chi connectivity index (χ3n) is 5.80. The number of nitrogens with zero attached hydrogens (tertiary/aromatic N) is 7. The average Bonchev–Trinajstić information content (AvgIpc) is 3.12. The van der Waals surface area contributed by atoms with Gasteiger partial charge in [0, 0.05) is 30.9 Å². The highest BCUT2D eigenvalue weighted by Gasteiger charge is 2.21. The fraction of sp³-hybridized carbons (Fsp3) is 0.455. The lowest BCUT2D eigenvalue weighted by atomic mass is 9.99. The number of amides is 1. The molecule has 1 amide bonds. The van der Waals surface area contributed by atoms with E-state index in [0.717, 1.165) is 47.8 Å². The molecule has 4 rings (SSSR count). The van der Waals surface area contributed by atoms with Crippen molar-refractivity contribution in [3.8, 4) is 5.82 Å². The van der Waals surface area contributed by atoms with Gasteiger partial charge in [0.05, 0.1) is 5.69 Å². The second-order valence-corrected chi connectivity index (χ2v) is 8.41. The SMILES string of the molecule is Cc1cc(C)n(-c2ccc(=O)n(C(C)C(=O)Nc3cc(N4CCC(C)CC4)ncn3)n2)n1. The molecule has 1 aliphatic rings. The summed E-state index contributed by atoms with van der Waals surface area (Å²) in [5, 5.41) is 11.6. The maximum Gasteiger partial charge on any atom is 0.267 e. The molecule has 3 aromatic rings. The molecule has 1 aliphatic heterocycles. The molecule has 1 saturated heterocycles. The Balaban J connectivity index is 1.52. The first kappa shape index (κ1) is 21.7. The van der Waals surface area contributed by atoms with Crippen molar-refractivity contribution in [2.75, 3.05) is 23.3 Å². The number of aromatic nitrogens is 6. The number of piperidine rings is 1. The molecule has 168 valence electrons. The molecule has 0 saturated carbocycles. The molecule has 0 radical (unpaired) electrons. The van der Waals surface area contributed by atoms with Crippen LogP contribution in [0.5, 0.6) is 0 Å². The molecule has 1 atom stereocenters. The van der Waals surface area contributed by atoms with Crippen LogP contribution in [-0.2, 0) is 4.79 Å². The van der Waals surface area contributed by atoms with E-state index in [1.807, 2.05) is 19.9 Å². The first-order valence-corrected chi connectivity index (χ1v) is 10.8. The van der Waals surface area contributed by atoms with E-state index in [-0.39, 0.29) is 11.5 Å². The molecular formula is C22H28N8O2. The summed E-state index contributed by atoms with van der Waals surface area (Å²) in [5.41, 5.74) is 1.36. The van der Waals surface area contributed by atoms with Crippen molar-refractivity contribution in [1.29, 1.82) is 0 Å². The molecule has 3 aromatic heterocycles. The van der Waals surface area contributed by atoms with Crippen LogP contribution >= 0.6 is 0 Å². The zero-order valence-electron chi connectivity index (χ0n) is 18.8. The van der Waals surface area contributed by atoms with Crippen LogP contribution in [-0.4, -0.2) is 48.5 Å². The fourth-order valence-corrected chi connectivity index (χ4v) is 3.83. The van der Waals surface area contributed by atoms with E-state index in [2.05, 4.69) is 37.3 Å². The smallest absolute Gasteiger partial charge is 0.267 e. The zero-order valence-corrected chi connectivity index (χ0v) is 18.8. The van der Waals surface area contributed by atoms with Crippen LogP contribution in [0.2, 0.25) is 0 Å². The van der Waals surface area contributed by atoms with E-state index >= 15 is 0 Å². The number of nitrogens with one attached hydrogen (secondary N) is 1. The second kappa shape index (κ2) is 8.89. The topological polar surface area (TPSA) is 111 Å². The Morgan fingerprint density at radius 2 is 1.84 bits per heavy atom. The summed E-state index contributed by atoms with van der Waals surface area (Å²) in [7, 11) is 0. The van der Waals surface area contributed by atoms with E-state index in [1.54, 1.807) is 23.7 Å². The predicted molar refractivity (Wildman–Crippen MR) is 121 cm³/mol. The summed E-state index contributed by atoms with van der Waals surface area (Å²) in [6.07, 6.45) is 3.67. The Labute approximate surface area is 186 Å². The van der Waals surface area contributed by atoms with Gasteiger partial charge in [-0.3, -0.25) is 9.59 Å². The van der Waals surface area contributed by atoms with Gasteiger partial charge in [0.2, 0.25) is 5.91 Å². The maximum atomic E-state index is 12.9. The molecule has 32 heavy (non-hydrogen) atoms. The summed E-state index contributed by atoms with van der Waals surface area (Å²) in [4.78, 5) is 36.1. The summed E-state index contributed by atoms with van der Waals surface area (Å²) >= 11 is 0. The normalized spacial score (nSPS) is 15.6. The van der Waals surface area contributed by atoms with E-state index in [1.165, 1.54) is 12.4 Å². The van der Waals surface area contributed by atoms with Gasteiger partial charge in [-0.1, -0.05) is 6.92 Å². The summed E-state index contributed by atoms with van der Waals surface area (Å²) in [5.74, 6) is 1.98. The largest absolute Gasteiger partial charge is 0.356 e. The monoisotopic (exact) mass is 436 g/mol. The number of aryl methyl sites for hydroxylation is 2. The van der Waals surface area contributed by atoms with Gasteiger partial charge in [-0.05, 0) is 51.7 Å². The molecule has 1 fully saturated rings. The van der Waals surface area contributed by atoms with Crippen LogP contribution in [0.3, 0.4) is 0 Å². The van der Waals surface area contributed by atoms with E-state index in [0.29, 0.717) is 17.6 Å². The van der Waals surface area contributed by atoms with Crippen LogP contribution in [0.4, 0.5) is 11.6 Å². The number of rotatable bonds is 5. The number of carbonyl (C=O) groups excluding carboxylic acids is 1. The van der Waals surface area contributed by atoms with Gasteiger partial charge in [0.1, 0.15) is 24.0 Å². The second-order valence-electron chi connectivity index (χ2n) is 8.41. The van der Waals surface area contributed by atoms with E-state index in [4.69, 9.17) is 0 Å². The van der Waals surface area contributed by atoms with Gasteiger partial charge in [0.15, 0.2) is 5.82 Å². The molecule has 10 heteroatoms. The number of hydrogen-bond donors (Lipinski definition) is 1. The Morgan fingerprint density at radius 3 is 2.53 bits per heavy atom. The average molecular weight is 437 g/mol. The Kier molecular flexibility index (Phi) is 6.02. The molecule has 10 nitrogen and oxygen atoms in total. The molecule has 1 N–H and O–H groups in total. The van der Waals surface area contributed by atoms with Crippen molar-refractivity contribution < 1.29 is 4.79 Å². The first-order valence-electron chi connectivity index (χ1n) is 10.8. The molecule has 0 spiro atoms. The van der Waals surface area contributed by atoms with E-state index < -0.39 is 6.04 Å². The summed E-state index contributed by atoms with van der Waals surface area (Å²) in [6.45, 7) is 9.53. The van der Waals surface area contributed by atoms with Gasteiger partial charge in [-0.2, -0.15) is 5.10 Å². The number of anilines is 2. The van der Waals surface area contributed by atoms with Crippen molar-refractivity contribution in [2.24, 2.45) is 5.92 Å². The molecule has 0 bridgehead atoms. The van der Waals surface area contributed by atoms with Gasteiger partial charge in [-0.25, -0.2) is 19.3 Å². The maximum absolute atomic E-state index is 12.9. The van der Waals surface area contributed by atoms with Gasteiger partial charge < -0.3 is 10.2 Å². The molecule has 4 heterocycles. The Hall–Kier alpha value is -3.56. The molecular weight excluding hydrogens is 408 g/mol. The molecule has 0 aliphatic carbocycles. The highest BCUT2D eigenvalue weighted by atomic mass is 16.2. The van der Waals surface area contributed by atoms with Crippen molar-refractivity contribution in [3.63, 3.8) is 0 Å². The van der Waals surface area contributed by atoms with Crippen molar-refractivity contribution in [2.45, 2.75) is 46.6 Å². The van der Waals surface area contributed by atoms with Gasteiger partial charge >= 0.3 is 0 Å².